The Bertz CT molecular complexity index is 542. The number of ether oxygens (including phenoxy) is 1. The number of fused-ring (bicyclic) bond motifs is 1. The Hall–Kier alpha value is -1.85. The van der Waals surface area contributed by atoms with Gasteiger partial charge in [0.1, 0.15) is 0 Å². The first kappa shape index (κ1) is 16.0. The lowest BCUT2D eigenvalue weighted by atomic mass is 9.97. The number of rotatable bonds is 6. The van der Waals surface area contributed by atoms with Crippen LogP contribution in [-0.2, 0) is 17.6 Å². The number of unbranched alkanes of at least 4 members (excludes halogenated alkanes) is 1. The molecule has 2 aliphatic rings. The fourth-order valence-electron chi connectivity index (χ4n) is 3.15. The van der Waals surface area contributed by atoms with Crippen LogP contribution in [-0.4, -0.2) is 54.1 Å². The molecule has 3 rings (SSSR count). The van der Waals surface area contributed by atoms with Gasteiger partial charge in [0, 0.05) is 31.7 Å². The molecular weight excluding hydrogens is 292 g/mol. The van der Waals surface area contributed by atoms with Gasteiger partial charge in [-0.05, 0) is 32.1 Å². The maximum Gasteiger partial charge on any atom is 0.229 e. The Morgan fingerprint density at radius 1 is 1.13 bits per heavy atom. The summed E-state index contributed by atoms with van der Waals surface area (Å²) in [6.07, 6.45) is 7.51. The van der Waals surface area contributed by atoms with Crippen molar-refractivity contribution in [2.24, 2.45) is 0 Å². The number of amides is 1. The minimum absolute atomic E-state index is 0.721. The Morgan fingerprint density at radius 2 is 1.91 bits per heavy atom. The summed E-state index contributed by atoms with van der Waals surface area (Å²) in [4.78, 5) is 24.3. The molecule has 1 fully saturated rings. The van der Waals surface area contributed by atoms with Gasteiger partial charge in [0.2, 0.25) is 18.2 Å². The highest BCUT2D eigenvalue weighted by atomic mass is 16.5. The van der Waals surface area contributed by atoms with E-state index in [1.54, 1.807) is 4.90 Å². The van der Waals surface area contributed by atoms with E-state index in [0.717, 1.165) is 82.4 Å². The first-order valence-electron chi connectivity index (χ1n) is 8.78. The van der Waals surface area contributed by atoms with Crippen molar-refractivity contribution in [3.8, 4) is 5.88 Å². The zero-order valence-electron chi connectivity index (χ0n) is 14.0. The summed E-state index contributed by atoms with van der Waals surface area (Å²) in [5, 5.41) is 0. The normalized spacial score (nSPS) is 17.8. The highest BCUT2D eigenvalue weighted by Gasteiger charge is 2.23. The van der Waals surface area contributed by atoms with Crippen LogP contribution in [0.5, 0.6) is 5.88 Å². The average molecular weight is 318 g/mol. The van der Waals surface area contributed by atoms with Crippen molar-refractivity contribution >= 4 is 12.4 Å². The van der Waals surface area contributed by atoms with E-state index >= 15 is 0 Å². The second-order valence-electron chi connectivity index (χ2n) is 6.29. The third-order valence-corrected chi connectivity index (χ3v) is 4.62. The summed E-state index contributed by atoms with van der Waals surface area (Å²) in [6, 6.07) is 0. The lowest BCUT2D eigenvalue weighted by molar-refractivity contribution is -0.118. The summed E-state index contributed by atoms with van der Waals surface area (Å²) in [7, 11) is 0. The molecule has 0 bridgehead atoms. The van der Waals surface area contributed by atoms with Crippen LogP contribution in [0, 0.1) is 0 Å². The number of carbonyl (C=O) groups excluding carboxylic acids is 1. The van der Waals surface area contributed by atoms with E-state index in [1.807, 2.05) is 0 Å². The zero-order valence-corrected chi connectivity index (χ0v) is 14.0. The van der Waals surface area contributed by atoms with Crippen LogP contribution in [0.1, 0.15) is 43.9 Å². The number of nitrogens with zero attached hydrogens (tertiary/aromatic N) is 4. The number of piperazine rings is 1. The van der Waals surface area contributed by atoms with E-state index in [-0.39, 0.29) is 0 Å². The van der Waals surface area contributed by atoms with Crippen LogP contribution in [0.15, 0.2) is 0 Å². The van der Waals surface area contributed by atoms with Crippen molar-refractivity contribution in [1.82, 2.24) is 14.9 Å². The fourth-order valence-corrected chi connectivity index (χ4v) is 3.15. The topological polar surface area (TPSA) is 58.6 Å². The lowest BCUT2D eigenvalue weighted by Gasteiger charge is -2.33. The van der Waals surface area contributed by atoms with E-state index < -0.39 is 0 Å². The third-order valence-electron chi connectivity index (χ3n) is 4.62. The van der Waals surface area contributed by atoms with Crippen molar-refractivity contribution in [3.63, 3.8) is 0 Å². The average Bonchev–Trinajstić information content (AvgIpc) is 2.62. The predicted octanol–water partition coefficient (Wildman–Crippen LogP) is 1.81. The molecule has 6 heteroatoms. The van der Waals surface area contributed by atoms with Crippen molar-refractivity contribution < 1.29 is 9.53 Å². The van der Waals surface area contributed by atoms with Gasteiger partial charge in [-0.15, -0.1) is 0 Å². The fraction of sp³-hybridized carbons (Fsp3) is 0.706. The molecular formula is C17H26N4O2. The highest BCUT2D eigenvalue weighted by molar-refractivity contribution is 5.49. The quantitative estimate of drug-likeness (QED) is 0.591. The van der Waals surface area contributed by atoms with Gasteiger partial charge in [-0.2, -0.15) is 4.98 Å². The molecule has 1 saturated heterocycles. The number of hydrogen-bond acceptors (Lipinski definition) is 5. The van der Waals surface area contributed by atoms with E-state index in [4.69, 9.17) is 14.7 Å². The second-order valence-corrected chi connectivity index (χ2v) is 6.29. The minimum atomic E-state index is 0.721. The molecule has 1 amide bonds. The van der Waals surface area contributed by atoms with Crippen molar-refractivity contribution in [2.75, 3.05) is 37.7 Å². The number of carbonyl (C=O) groups is 1. The Labute approximate surface area is 137 Å². The largest absolute Gasteiger partial charge is 0.477 e. The molecule has 2 heterocycles. The van der Waals surface area contributed by atoms with Crippen LogP contribution < -0.4 is 9.64 Å². The predicted molar refractivity (Wildman–Crippen MR) is 88.9 cm³/mol. The molecule has 1 aliphatic heterocycles. The number of aryl methyl sites for hydroxylation is 1. The van der Waals surface area contributed by atoms with Gasteiger partial charge in [0.05, 0.1) is 12.3 Å². The summed E-state index contributed by atoms with van der Waals surface area (Å²) < 4.78 is 5.97. The van der Waals surface area contributed by atoms with Crippen LogP contribution in [0.25, 0.3) is 0 Å². The van der Waals surface area contributed by atoms with E-state index in [1.165, 1.54) is 18.4 Å². The summed E-state index contributed by atoms with van der Waals surface area (Å²) in [6.45, 7) is 5.92. The molecule has 1 aliphatic carbocycles. The summed E-state index contributed by atoms with van der Waals surface area (Å²) >= 11 is 0. The molecule has 0 unspecified atom stereocenters. The Kier molecular flexibility index (Phi) is 5.31. The molecule has 23 heavy (non-hydrogen) atoms. The first-order chi connectivity index (χ1) is 11.3. The molecule has 1 aromatic rings. The second kappa shape index (κ2) is 7.62. The molecule has 0 spiro atoms. The van der Waals surface area contributed by atoms with Crippen molar-refractivity contribution in [1.29, 1.82) is 0 Å². The van der Waals surface area contributed by atoms with Crippen LogP contribution in [0.3, 0.4) is 0 Å². The summed E-state index contributed by atoms with van der Waals surface area (Å²) in [5.41, 5.74) is 2.37. The molecule has 0 aromatic carbocycles. The summed E-state index contributed by atoms with van der Waals surface area (Å²) in [5.74, 6) is 1.55. The van der Waals surface area contributed by atoms with Gasteiger partial charge in [-0.3, -0.25) is 4.79 Å². The van der Waals surface area contributed by atoms with Gasteiger partial charge >= 0.3 is 0 Å². The van der Waals surface area contributed by atoms with Gasteiger partial charge in [0.25, 0.3) is 0 Å². The lowest BCUT2D eigenvalue weighted by Crippen LogP contribution is -2.46. The number of hydrogen-bond donors (Lipinski definition) is 0. The van der Waals surface area contributed by atoms with Crippen molar-refractivity contribution in [2.45, 2.75) is 45.4 Å². The number of aromatic nitrogens is 2. The van der Waals surface area contributed by atoms with Gasteiger partial charge in [-0.25, -0.2) is 4.98 Å². The first-order valence-corrected chi connectivity index (χ1v) is 8.78. The van der Waals surface area contributed by atoms with Gasteiger partial charge in [0.15, 0.2) is 0 Å². The SMILES string of the molecule is CCCCOc1nc(N2CCN(C=O)CC2)nc2c1CCCC2. The van der Waals surface area contributed by atoms with E-state index in [2.05, 4.69) is 11.8 Å². The smallest absolute Gasteiger partial charge is 0.229 e. The molecule has 6 nitrogen and oxygen atoms in total. The molecule has 0 saturated carbocycles. The monoisotopic (exact) mass is 318 g/mol. The molecule has 0 atom stereocenters. The minimum Gasteiger partial charge on any atom is -0.477 e. The van der Waals surface area contributed by atoms with Gasteiger partial charge < -0.3 is 14.5 Å². The van der Waals surface area contributed by atoms with Crippen molar-refractivity contribution in [3.05, 3.63) is 11.3 Å². The Morgan fingerprint density at radius 3 is 2.65 bits per heavy atom. The maximum absolute atomic E-state index is 10.9. The van der Waals surface area contributed by atoms with Crippen LogP contribution in [0.2, 0.25) is 0 Å². The number of anilines is 1. The maximum atomic E-state index is 10.9. The third kappa shape index (κ3) is 3.74. The van der Waals surface area contributed by atoms with E-state index in [0.29, 0.717) is 0 Å². The van der Waals surface area contributed by atoms with Crippen LogP contribution >= 0.6 is 0 Å². The molecule has 0 radical (unpaired) electrons. The van der Waals surface area contributed by atoms with E-state index in [9.17, 15) is 4.79 Å². The zero-order chi connectivity index (χ0) is 16.1. The molecule has 126 valence electrons. The van der Waals surface area contributed by atoms with Crippen LogP contribution in [0.4, 0.5) is 5.95 Å². The standard InChI is InChI=1S/C17H26N4O2/c1-2-3-12-23-16-14-6-4-5-7-15(14)18-17(19-16)21-10-8-20(13-22)9-11-21/h13H,2-12H2,1H3. The molecule has 1 aromatic heterocycles. The highest BCUT2D eigenvalue weighted by Crippen LogP contribution is 2.29. The Balaban J connectivity index is 1.80. The van der Waals surface area contributed by atoms with Gasteiger partial charge in [-0.1, -0.05) is 13.3 Å². The molecule has 0 N–H and O–H groups in total.